The molecule has 1 aromatic heterocycles. The summed E-state index contributed by atoms with van der Waals surface area (Å²) in [5.41, 5.74) is 1.15. The molecule has 2 N–H and O–H groups in total. The predicted molar refractivity (Wildman–Crippen MR) is 72.9 cm³/mol. The Bertz CT molecular complexity index is 765. The second kappa shape index (κ2) is 4.98. The third kappa shape index (κ3) is 2.48. The number of hydrogen-bond acceptors (Lipinski definition) is 7. The van der Waals surface area contributed by atoms with Crippen molar-refractivity contribution in [1.82, 2.24) is 20.3 Å². The van der Waals surface area contributed by atoms with E-state index in [1.54, 1.807) is 6.07 Å². The fraction of sp³-hybridized carbons (Fsp3) is 0.0833. The van der Waals surface area contributed by atoms with Crippen LogP contribution >= 0.6 is 11.6 Å². The fourth-order valence-corrected chi connectivity index (χ4v) is 2.01. The average molecular weight is 306 g/mol. The highest BCUT2D eigenvalue weighted by molar-refractivity contribution is 6.28. The lowest BCUT2D eigenvalue weighted by molar-refractivity contribution is 0.0879. The van der Waals surface area contributed by atoms with Gasteiger partial charge in [-0.2, -0.15) is 15.0 Å². The molecule has 0 saturated heterocycles. The molecule has 0 aliphatic carbocycles. The van der Waals surface area contributed by atoms with Gasteiger partial charge in [0.15, 0.2) is 0 Å². The van der Waals surface area contributed by atoms with E-state index in [0.29, 0.717) is 11.3 Å². The number of methoxy groups -OCH3 is 1. The highest BCUT2D eigenvalue weighted by Crippen LogP contribution is 2.22. The number of aromatic nitrogens is 3. The Hall–Kier alpha value is -2.74. The zero-order chi connectivity index (χ0) is 15.0. The van der Waals surface area contributed by atoms with Crippen LogP contribution in [-0.4, -0.2) is 33.9 Å². The van der Waals surface area contributed by atoms with Crippen LogP contribution in [0, 0.1) is 0 Å². The summed E-state index contributed by atoms with van der Waals surface area (Å²) in [5.74, 6) is -0.687. The minimum absolute atomic E-state index is 0.0292. The Morgan fingerprint density at radius 2 is 1.90 bits per heavy atom. The van der Waals surface area contributed by atoms with Crippen molar-refractivity contribution < 1.29 is 14.3 Å². The zero-order valence-corrected chi connectivity index (χ0v) is 11.4. The molecule has 0 fully saturated rings. The van der Waals surface area contributed by atoms with Gasteiger partial charge in [0.05, 0.1) is 18.2 Å². The summed E-state index contributed by atoms with van der Waals surface area (Å²) in [6, 6.07) is 4.75. The summed E-state index contributed by atoms with van der Waals surface area (Å²) in [4.78, 5) is 34.7. The van der Waals surface area contributed by atoms with Crippen LogP contribution < -0.4 is 15.4 Å². The second-order valence-electron chi connectivity index (χ2n) is 4.08. The van der Waals surface area contributed by atoms with E-state index in [0.717, 1.165) is 0 Å². The number of ether oxygens (including phenoxy) is 1. The van der Waals surface area contributed by atoms with Gasteiger partial charge < -0.3 is 10.1 Å². The Morgan fingerprint density at radius 1 is 1.14 bits per heavy atom. The van der Waals surface area contributed by atoms with Crippen LogP contribution in [0.5, 0.6) is 6.01 Å². The average Bonchev–Trinajstić information content (AvgIpc) is 2.73. The van der Waals surface area contributed by atoms with Crippen LogP contribution in [0.15, 0.2) is 18.2 Å². The largest absolute Gasteiger partial charge is 0.467 e. The molecule has 2 heterocycles. The number of carbonyl (C=O) groups excluding carboxylic acids is 2. The first-order chi connectivity index (χ1) is 10.1. The molecule has 3 rings (SSSR count). The van der Waals surface area contributed by atoms with Crippen LogP contribution in [0.4, 0.5) is 11.6 Å². The molecule has 0 unspecified atom stereocenters. The number of nitrogens with one attached hydrogen (secondary N) is 2. The van der Waals surface area contributed by atoms with Crippen molar-refractivity contribution in [2.45, 2.75) is 0 Å². The molecule has 0 bridgehead atoms. The summed E-state index contributed by atoms with van der Waals surface area (Å²) in [7, 11) is 1.40. The molecular weight excluding hydrogens is 298 g/mol. The Kier molecular flexibility index (Phi) is 3.15. The molecule has 2 amide bonds. The lowest BCUT2D eigenvalue weighted by Crippen LogP contribution is -2.19. The first kappa shape index (κ1) is 13.3. The Balaban J connectivity index is 1.93. The SMILES string of the molecule is COc1nc(Cl)nc(Nc2ccc3c(c2)C(=O)NC3=O)n1. The Morgan fingerprint density at radius 3 is 2.67 bits per heavy atom. The van der Waals surface area contributed by atoms with Gasteiger partial charge in [-0.05, 0) is 29.8 Å². The first-order valence-corrected chi connectivity index (χ1v) is 6.17. The lowest BCUT2D eigenvalue weighted by atomic mass is 10.1. The summed E-state index contributed by atoms with van der Waals surface area (Å²) >= 11 is 5.74. The van der Waals surface area contributed by atoms with Crippen molar-refractivity contribution in [3.8, 4) is 6.01 Å². The quantitative estimate of drug-likeness (QED) is 0.819. The van der Waals surface area contributed by atoms with Gasteiger partial charge >= 0.3 is 6.01 Å². The molecule has 1 aromatic carbocycles. The third-order valence-corrected chi connectivity index (χ3v) is 2.93. The van der Waals surface area contributed by atoms with E-state index in [-0.39, 0.29) is 22.8 Å². The zero-order valence-electron chi connectivity index (χ0n) is 10.7. The number of fused-ring (bicyclic) bond motifs is 1. The van der Waals surface area contributed by atoms with Gasteiger partial charge in [0.1, 0.15) is 0 Å². The lowest BCUT2D eigenvalue weighted by Gasteiger charge is -2.06. The highest BCUT2D eigenvalue weighted by atomic mass is 35.5. The molecule has 1 aliphatic rings. The van der Waals surface area contributed by atoms with E-state index in [4.69, 9.17) is 16.3 Å². The van der Waals surface area contributed by atoms with Gasteiger partial charge in [0, 0.05) is 5.69 Å². The van der Waals surface area contributed by atoms with Crippen molar-refractivity contribution in [3.05, 3.63) is 34.6 Å². The van der Waals surface area contributed by atoms with Crippen molar-refractivity contribution in [1.29, 1.82) is 0 Å². The van der Waals surface area contributed by atoms with E-state index in [1.165, 1.54) is 19.2 Å². The van der Waals surface area contributed by atoms with Gasteiger partial charge in [0.2, 0.25) is 11.2 Å². The molecule has 0 spiro atoms. The van der Waals surface area contributed by atoms with Crippen LogP contribution in [0.25, 0.3) is 0 Å². The molecule has 0 saturated carbocycles. The van der Waals surface area contributed by atoms with E-state index in [2.05, 4.69) is 25.6 Å². The minimum atomic E-state index is -0.440. The standard InChI is InChI=1S/C12H8ClN5O3/c1-21-12-17-10(13)16-11(18-12)14-5-2-3-6-7(4-5)9(20)15-8(6)19/h2-4H,1H3,(H,15,19,20)(H,14,16,17,18). The predicted octanol–water partition coefficient (Wildman–Crippen LogP) is 1.16. The Labute approximate surface area is 123 Å². The number of imide groups is 1. The van der Waals surface area contributed by atoms with E-state index < -0.39 is 11.8 Å². The summed E-state index contributed by atoms with van der Waals surface area (Å²) in [6.45, 7) is 0. The maximum atomic E-state index is 11.6. The number of carbonyl (C=O) groups is 2. The van der Waals surface area contributed by atoms with E-state index >= 15 is 0 Å². The van der Waals surface area contributed by atoms with Crippen molar-refractivity contribution in [2.75, 3.05) is 12.4 Å². The summed E-state index contributed by atoms with van der Waals surface area (Å²) in [6.07, 6.45) is 0. The molecule has 0 radical (unpaired) electrons. The third-order valence-electron chi connectivity index (χ3n) is 2.76. The number of rotatable bonds is 3. The van der Waals surface area contributed by atoms with Crippen LogP contribution in [0.2, 0.25) is 5.28 Å². The van der Waals surface area contributed by atoms with Crippen molar-refractivity contribution in [3.63, 3.8) is 0 Å². The normalized spacial score (nSPS) is 12.9. The highest BCUT2D eigenvalue weighted by Gasteiger charge is 2.26. The molecule has 0 atom stereocenters. The number of amides is 2. The van der Waals surface area contributed by atoms with Gasteiger partial charge in [0.25, 0.3) is 11.8 Å². The first-order valence-electron chi connectivity index (χ1n) is 5.79. The number of hydrogen-bond donors (Lipinski definition) is 2. The van der Waals surface area contributed by atoms with Gasteiger partial charge in [-0.1, -0.05) is 0 Å². The molecule has 8 nitrogen and oxygen atoms in total. The maximum Gasteiger partial charge on any atom is 0.322 e. The maximum absolute atomic E-state index is 11.6. The number of anilines is 2. The van der Waals surface area contributed by atoms with Gasteiger partial charge in [-0.25, -0.2) is 0 Å². The van der Waals surface area contributed by atoms with E-state index in [9.17, 15) is 9.59 Å². The van der Waals surface area contributed by atoms with Crippen molar-refractivity contribution >= 4 is 35.1 Å². The molecule has 1 aliphatic heterocycles. The molecular formula is C12H8ClN5O3. The van der Waals surface area contributed by atoms with Gasteiger partial charge in [-0.3, -0.25) is 14.9 Å². The number of halogens is 1. The molecule has 2 aromatic rings. The molecule has 9 heteroatoms. The van der Waals surface area contributed by atoms with Crippen LogP contribution in [-0.2, 0) is 0 Å². The van der Waals surface area contributed by atoms with Crippen molar-refractivity contribution in [2.24, 2.45) is 0 Å². The smallest absolute Gasteiger partial charge is 0.322 e. The minimum Gasteiger partial charge on any atom is -0.467 e. The fourth-order valence-electron chi connectivity index (χ4n) is 1.85. The summed E-state index contributed by atoms with van der Waals surface area (Å²) in [5, 5.41) is 5.05. The van der Waals surface area contributed by atoms with Crippen LogP contribution in [0.3, 0.4) is 0 Å². The number of benzene rings is 1. The van der Waals surface area contributed by atoms with E-state index in [1.807, 2.05) is 0 Å². The molecule has 21 heavy (non-hydrogen) atoms. The molecule has 106 valence electrons. The second-order valence-corrected chi connectivity index (χ2v) is 4.42. The monoisotopic (exact) mass is 305 g/mol. The summed E-state index contributed by atoms with van der Waals surface area (Å²) < 4.78 is 4.88. The van der Waals surface area contributed by atoms with Gasteiger partial charge in [-0.15, -0.1) is 0 Å². The topological polar surface area (TPSA) is 106 Å². The van der Waals surface area contributed by atoms with Crippen LogP contribution in [0.1, 0.15) is 20.7 Å². The number of nitrogens with zero attached hydrogens (tertiary/aromatic N) is 3.